The van der Waals surface area contributed by atoms with Crippen molar-refractivity contribution >= 4 is 23.0 Å². The van der Waals surface area contributed by atoms with Crippen LogP contribution < -0.4 is 4.74 Å². The Bertz CT molecular complexity index is 828. The van der Waals surface area contributed by atoms with E-state index in [0.29, 0.717) is 16.2 Å². The third-order valence-corrected chi connectivity index (χ3v) is 4.91. The van der Waals surface area contributed by atoms with Crippen LogP contribution in [0, 0.1) is 0 Å². The number of hydrogen-bond acceptors (Lipinski definition) is 6. The third kappa shape index (κ3) is 3.04. The maximum atomic E-state index is 12.9. The first-order chi connectivity index (χ1) is 12.1. The zero-order chi connectivity index (χ0) is 18.0. The summed E-state index contributed by atoms with van der Waals surface area (Å²) in [6, 6.07) is 9.57. The summed E-state index contributed by atoms with van der Waals surface area (Å²) in [5, 5.41) is 21.4. The molecule has 0 fully saturated rings. The molecule has 1 aliphatic heterocycles. The molecule has 2 heterocycles. The number of carbonyl (C=O) groups is 2. The minimum absolute atomic E-state index is 0.00594. The van der Waals surface area contributed by atoms with Crippen molar-refractivity contribution in [3.05, 3.63) is 63.6 Å². The van der Waals surface area contributed by atoms with Crippen molar-refractivity contribution < 1.29 is 24.5 Å². The SMILES string of the molecule is COc1cccc(C2C(C(=O)c3cccs3)=C(O)C(=O)N2CCO)c1. The molecule has 0 saturated heterocycles. The molecule has 7 heteroatoms. The molecule has 0 radical (unpaired) electrons. The van der Waals surface area contributed by atoms with E-state index in [0.717, 1.165) is 0 Å². The molecule has 0 saturated carbocycles. The lowest BCUT2D eigenvalue weighted by Gasteiger charge is -2.26. The third-order valence-electron chi connectivity index (χ3n) is 4.04. The summed E-state index contributed by atoms with van der Waals surface area (Å²) in [5.41, 5.74) is 0.652. The van der Waals surface area contributed by atoms with Crippen molar-refractivity contribution in [3.8, 4) is 5.75 Å². The predicted octanol–water partition coefficient (Wildman–Crippen LogP) is 2.33. The van der Waals surface area contributed by atoms with E-state index in [2.05, 4.69) is 0 Å². The monoisotopic (exact) mass is 359 g/mol. The summed E-state index contributed by atoms with van der Waals surface area (Å²) in [6.07, 6.45) is 0. The second-order valence-electron chi connectivity index (χ2n) is 5.47. The van der Waals surface area contributed by atoms with Gasteiger partial charge in [0.1, 0.15) is 5.75 Å². The molecule has 0 spiro atoms. The van der Waals surface area contributed by atoms with E-state index >= 15 is 0 Å². The van der Waals surface area contributed by atoms with Crippen LogP contribution >= 0.6 is 11.3 Å². The van der Waals surface area contributed by atoms with Gasteiger partial charge in [0.05, 0.1) is 30.2 Å². The molecule has 1 aromatic heterocycles. The number of methoxy groups -OCH3 is 1. The molecular formula is C18H17NO5S. The van der Waals surface area contributed by atoms with E-state index in [-0.39, 0.29) is 18.7 Å². The second kappa shape index (κ2) is 7.08. The van der Waals surface area contributed by atoms with Crippen LogP contribution in [0.3, 0.4) is 0 Å². The van der Waals surface area contributed by atoms with Gasteiger partial charge in [-0.3, -0.25) is 9.59 Å². The maximum Gasteiger partial charge on any atom is 0.290 e. The predicted molar refractivity (Wildman–Crippen MR) is 92.8 cm³/mol. The van der Waals surface area contributed by atoms with E-state index in [1.165, 1.54) is 23.3 Å². The lowest BCUT2D eigenvalue weighted by atomic mass is 9.95. The van der Waals surface area contributed by atoms with Gasteiger partial charge in [0.25, 0.3) is 5.91 Å². The first kappa shape index (κ1) is 17.2. The molecule has 2 N–H and O–H groups in total. The highest BCUT2D eigenvalue weighted by Crippen LogP contribution is 2.40. The summed E-state index contributed by atoms with van der Waals surface area (Å²) < 4.78 is 5.22. The number of ketones is 1. The molecule has 1 aliphatic rings. The fraction of sp³-hybridized carbons (Fsp3) is 0.222. The van der Waals surface area contributed by atoms with Crippen molar-refractivity contribution in [2.24, 2.45) is 0 Å². The van der Waals surface area contributed by atoms with Gasteiger partial charge in [-0.05, 0) is 29.1 Å². The van der Waals surface area contributed by atoms with Crippen LogP contribution in [0.5, 0.6) is 5.75 Å². The highest BCUT2D eigenvalue weighted by Gasteiger charge is 2.43. The number of thiophene rings is 1. The smallest absolute Gasteiger partial charge is 0.290 e. The summed E-state index contributed by atoms with van der Waals surface area (Å²) in [5.74, 6) is -1.06. The van der Waals surface area contributed by atoms with Crippen molar-refractivity contribution in [2.45, 2.75) is 6.04 Å². The molecule has 6 nitrogen and oxygen atoms in total. The fourth-order valence-corrected chi connectivity index (χ4v) is 3.60. The molecule has 1 aromatic carbocycles. The van der Waals surface area contributed by atoms with Gasteiger partial charge in [-0.15, -0.1) is 11.3 Å². The highest BCUT2D eigenvalue weighted by molar-refractivity contribution is 7.12. The molecule has 1 amide bonds. The van der Waals surface area contributed by atoms with Gasteiger partial charge in [-0.1, -0.05) is 18.2 Å². The van der Waals surface area contributed by atoms with E-state index in [1.807, 2.05) is 0 Å². The van der Waals surface area contributed by atoms with Crippen LogP contribution in [-0.4, -0.2) is 47.1 Å². The number of benzene rings is 1. The van der Waals surface area contributed by atoms with Crippen molar-refractivity contribution in [1.82, 2.24) is 4.90 Å². The summed E-state index contributed by atoms with van der Waals surface area (Å²) in [7, 11) is 1.52. The molecule has 25 heavy (non-hydrogen) atoms. The quantitative estimate of drug-likeness (QED) is 0.773. The maximum absolute atomic E-state index is 12.9. The molecule has 0 bridgehead atoms. The number of carbonyl (C=O) groups excluding carboxylic acids is 2. The van der Waals surface area contributed by atoms with Crippen LogP contribution in [0.15, 0.2) is 53.1 Å². The van der Waals surface area contributed by atoms with Gasteiger partial charge < -0.3 is 19.8 Å². The molecule has 0 aliphatic carbocycles. The number of rotatable bonds is 6. The Morgan fingerprint density at radius 3 is 2.76 bits per heavy atom. The largest absolute Gasteiger partial charge is 0.503 e. The normalized spacial score (nSPS) is 17.3. The zero-order valence-electron chi connectivity index (χ0n) is 13.5. The number of amides is 1. The molecule has 130 valence electrons. The van der Waals surface area contributed by atoms with Crippen LogP contribution in [0.2, 0.25) is 0 Å². The van der Waals surface area contributed by atoms with E-state index < -0.39 is 23.5 Å². The lowest BCUT2D eigenvalue weighted by molar-refractivity contribution is -0.129. The Kier molecular flexibility index (Phi) is 4.87. The van der Waals surface area contributed by atoms with Gasteiger partial charge in [0.2, 0.25) is 5.78 Å². The number of aliphatic hydroxyl groups excluding tert-OH is 2. The Balaban J connectivity index is 2.11. The Morgan fingerprint density at radius 2 is 2.12 bits per heavy atom. The summed E-state index contributed by atoms with van der Waals surface area (Å²) in [6.45, 7) is -0.272. The van der Waals surface area contributed by atoms with Gasteiger partial charge in [0.15, 0.2) is 5.76 Å². The summed E-state index contributed by atoms with van der Waals surface area (Å²) in [4.78, 5) is 27.1. The average molecular weight is 359 g/mol. The van der Waals surface area contributed by atoms with Gasteiger partial charge in [-0.25, -0.2) is 0 Å². The number of ether oxygens (including phenoxy) is 1. The summed E-state index contributed by atoms with van der Waals surface area (Å²) >= 11 is 1.24. The van der Waals surface area contributed by atoms with Crippen LogP contribution in [0.4, 0.5) is 0 Å². The molecular weight excluding hydrogens is 342 g/mol. The number of Topliss-reactive ketones (excluding diaryl/α,β-unsaturated/α-hetero) is 1. The first-order valence-electron chi connectivity index (χ1n) is 7.65. The van der Waals surface area contributed by atoms with Crippen molar-refractivity contribution in [3.63, 3.8) is 0 Å². The van der Waals surface area contributed by atoms with Crippen LogP contribution in [-0.2, 0) is 4.79 Å². The Labute approximate surface area is 148 Å². The number of hydrogen-bond donors (Lipinski definition) is 2. The van der Waals surface area contributed by atoms with Gasteiger partial charge in [0, 0.05) is 6.54 Å². The van der Waals surface area contributed by atoms with E-state index in [1.54, 1.807) is 41.8 Å². The zero-order valence-corrected chi connectivity index (χ0v) is 14.3. The lowest BCUT2D eigenvalue weighted by Crippen LogP contribution is -2.33. The number of aliphatic hydroxyl groups is 2. The minimum Gasteiger partial charge on any atom is -0.503 e. The van der Waals surface area contributed by atoms with Crippen molar-refractivity contribution in [1.29, 1.82) is 0 Å². The molecule has 1 atom stereocenters. The topological polar surface area (TPSA) is 87.1 Å². The number of nitrogens with zero attached hydrogens (tertiary/aromatic N) is 1. The van der Waals surface area contributed by atoms with Crippen molar-refractivity contribution in [2.75, 3.05) is 20.3 Å². The van der Waals surface area contributed by atoms with Crippen LogP contribution in [0.25, 0.3) is 0 Å². The standard InChI is InChI=1S/C18H17NO5S/c1-24-12-5-2-4-11(10-12)15-14(16(21)13-6-3-9-25-13)17(22)18(23)19(15)7-8-20/h2-6,9-10,15,20,22H,7-8H2,1H3. The van der Waals surface area contributed by atoms with E-state index in [4.69, 9.17) is 4.74 Å². The minimum atomic E-state index is -0.774. The Morgan fingerprint density at radius 1 is 1.32 bits per heavy atom. The fourth-order valence-electron chi connectivity index (χ4n) is 2.92. The molecule has 3 rings (SSSR count). The first-order valence-corrected chi connectivity index (χ1v) is 8.53. The van der Waals surface area contributed by atoms with Crippen LogP contribution in [0.1, 0.15) is 21.3 Å². The highest BCUT2D eigenvalue weighted by atomic mass is 32.1. The molecule has 2 aromatic rings. The molecule has 1 unspecified atom stereocenters. The van der Waals surface area contributed by atoms with Gasteiger partial charge in [-0.2, -0.15) is 0 Å². The number of β-amino-alcohol motifs (C(OH)–C–C–N with tert-alkyl or cyclic N) is 1. The Hall–Kier alpha value is -2.64. The average Bonchev–Trinajstić information content (AvgIpc) is 3.24. The van der Waals surface area contributed by atoms with Gasteiger partial charge >= 0.3 is 0 Å². The van der Waals surface area contributed by atoms with E-state index in [9.17, 15) is 19.8 Å². The second-order valence-corrected chi connectivity index (χ2v) is 6.42.